The highest BCUT2D eigenvalue weighted by Gasteiger charge is 2.07. The molecule has 96 valence electrons. The van der Waals surface area contributed by atoms with Gasteiger partial charge in [-0.1, -0.05) is 35.2 Å². The van der Waals surface area contributed by atoms with Crippen molar-refractivity contribution in [2.45, 2.75) is 10.1 Å². The van der Waals surface area contributed by atoms with Crippen molar-refractivity contribution in [3.63, 3.8) is 0 Å². The van der Waals surface area contributed by atoms with Crippen LogP contribution in [0.25, 0.3) is 11.0 Å². The summed E-state index contributed by atoms with van der Waals surface area (Å²) >= 11 is 2.69. The molecule has 1 aromatic carbocycles. The molecule has 0 aliphatic rings. The number of hydrogen-bond acceptors (Lipinski definition) is 7. The lowest BCUT2D eigenvalue weighted by Crippen LogP contribution is -2.14. The molecule has 3 N–H and O–H groups in total. The van der Waals surface area contributed by atoms with Crippen molar-refractivity contribution in [3.05, 3.63) is 40.3 Å². The zero-order valence-electron chi connectivity index (χ0n) is 9.66. The Balaban J connectivity index is 1.88. The minimum atomic E-state index is -0.177. The number of thioether (sulfide) groups is 1. The fourth-order valence-electron chi connectivity index (χ4n) is 1.57. The smallest absolute Gasteiger partial charge is 0.271 e. The molecule has 0 atom stereocenters. The number of anilines is 1. The molecule has 3 aromatic rings. The molecule has 19 heavy (non-hydrogen) atoms. The van der Waals surface area contributed by atoms with Crippen LogP contribution in [0, 0.1) is 0 Å². The Labute approximate surface area is 116 Å². The van der Waals surface area contributed by atoms with E-state index in [1.165, 1.54) is 23.1 Å². The van der Waals surface area contributed by atoms with Gasteiger partial charge in [0.1, 0.15) is 5.69 Å². The van der Waals surface area contributed by atoms with Crippen LogP contribution >= 0.6 is 23.1 Å². The first-order chi connectivity index (χ1) is 9.22. The first kappa shape index (κ1) is 12.1. The average molecular weight is 291 g/mol. The lowest BCUT2D eigenvalue weighted by molar-refractivity contribution is 1.01. The van der Waals surface area contributed by atoms with Gasteiger partial charge in [0.2, 0.25) is 5.13 Å². The van der Waals surface area contributed by atoms with E-state index in [0.29, 0.717) is 16.6 Å². The summed E-state index contributed by atoms with van der Waals surface area (Å²) in [6, 6.07) is 7.43. The van der Waals surface area contributed by atoms with Gasteiger partial charge in [-0.2, -0.15) is 0 Å². The third-order valence-electron chi connectivity index (χ3n) is 2.42. The summed E-state index contributed by atoms with van der Waals surface area (Å²) in [6.07, 6.45) is 0. The number of nitrogens with one attached hydrogen (secondary N) is 1. The van der Waals surface area contributed by atoms with Crippen LogP contribution in [0.15, 0.2) is 33.4 Å². The maximum atomic E-state index is 11.9. The van der Waals surface area contributed by atoms with Crippen LogP contribution in [0.3, 0.4) is 0 Å². The van der Waals surface area contributed by atoms with E-state index in [1.54, 1.807) is 0 Å². The molecule has 8 heteroatoms. The number of nitrogens with two attached hydrogens (primary N) is 1. The van der Waals surface area contributed by atoms with E-state index in [9.17, 15) is 4.79 Å². The van der Waals surface area contributed by atoms with Gasteiger partial charge in [-0.25, -0.2) is 4.98 Å². The van der Waals surface area contributed by atoms with Crippen LogP contribution < -0.4 is 11.3 Å². The number of benzene rings is 1. The van der Waals surface area contributed by atoms with Crippen LogP contribution in [0.1, 0.15) is 5.69 Å². The zero-order chi connectivity index (χ0) is 13.2. The molecule has 0 spiro atoms. The number of hydrogen-bond donors (Lipinski definition) is 2. The van der Waals surface area contributed by atoms with E-state index in [1.807, 2.05) is 24.3 Å². The Morgan fingerprint density at radius 2 is 2.16 bits per heavy atom. The van der Waals surface area contributed by atoms with Crippen molar-refractivity contribution in [3.8, 4) is 0 Å². The first-order valence-corrected chi connectivity index (χ1v) is 7.22. The topological polar surface area (TPSA) is 97.5 Å². The molecule has 0 amide bonds. The van der Waals surface area contributed by atoms with Crippen LogP contribution in [-0.2, 0) is 5.75 Å². The number of para-hydroxylation sites is 2. The van der Waals surface area contributed by atoms with Gasteiger partial charge in [-0.05, 0) is 12.1 Å². The molecule has 0 saturated heterocycles. The second-order valence-corrected chi connectivity index (χ2v) is 5.96. The molecule has 3 rings (SSSR count). The van der Waals surface area contributed by atoms with Gasteiger partial charge in [0.05, 0.1) is 11.0 Å². The first-order valence-electron chi connectivity index (χ1n) is 5.42. The lowest BCUT2D eigenvalue weighted by Gasteiger charge is -2.00. The SMILES string of the molecule is Nc1nnc(SCc2nc3ccccc3[nH]c2=O)s1. The number of rotatable bonds is 3. The Bertz CT molecular complexity index is 782. The van der Waals surface area contributed by atoms with Gasteiger partial charge >= 0.3 is 0 Å². The number of H-pyrrole nitrogens is 1. The highest BCUT2D eigenvalue weighted by Crippen LogP contribution is 2.25. The number of nitrogens with zero attached hydrogens (tertiary/aromatic N) is 3. The van der Waals surface area contributed by atoms with Crippen molar-refractivity contribution in [1.82, 2.24) is 20.2 Å². The number of aromatic amines is 1. The minimum Gasteiger partial charge on any atom is -0.374 e. The third-order valence-corrected chi connectivity index (χ3v) is 4.32. The highest BCUT2D eigenvalue weighted by molar-refractivity contribution is 8.00. The molecule has 0 fully saturated rings. The van der Waals surface area contributed by atoms with E-state index < -0.39 is 0 Å². The van der Waals surface area contributed by atoms with E-state index in [-0.39, 0.29) is 5.56 Å². The minimum absolute atomic E-state index is 0.177. The van der Waals surface area contributed by atoms with E-state index in [0.717, 1.165) is 15.4 Å². The molecule has 2 aromatic heterocycles. The Morgan fingerprint density at radius 1 is 1.32 bits per heavy atom. The molecule has 2 heterocycles. The predicted octanol–water partition coefficient (Wildman–Crippen LogP) is 1.65. The fraction of sp³-hybridized carbons (Fsp3) is 0.0909. The summed E-state index contributed by atoms with van der Waals surface area (Å²) in [7, 11) is 0. The van der Waals surface area contributed by atoms with Gasteiger partial charge in [-0.3, -0.25) is 4.79 Å². The summed E-state index contributed by atoms with van der Waals surface area (Å²) in [5, 5.41) is 8.03. The van der Waals surface area contributed by atoms with Crippen LogP contribution in [0.5, 0.6) is 0 Å². The quantitative estimate of drug-likeness (QED) is 0.712. The van der Waals surface area contributed by atoms with E-state index in [2.05, 4.69) is 20.2 Å². The van der Waals surface area contributed by atoms with Crippen LogP contribution in [-0.4, -0.2) is 20.2 Å². The summed E-state index contributed by atoms with van der Waals surface area (Å²) in [5.74, 6) is 0.439. The fourth-order valence-corrected chi connectivity index (χ4v) is 3.14. The Kier molecular flexibility index (Phi) is 3.18. The van der Waals surface area contributed by atoms with E-state index >= 15 is 0 Å². The van der Waals surface area contributed by atoms with Gasteiger partial charge in [0.15, 0.2) is 4.34 Å². The largest absolute Gasteiger partial charge is 0.374 e. The maximum absolute atomic E-state index is 11.9. The maximum Gasteiger partial charge on any atom is 0.271 e. The van der Waals surface area contributed by atoms with Crippen molar-refractivity contribution in [2.75, 3.05) is 5.73 Å². The molecule has 0 aliphatic heterocycles. The molecular formula is C11H9N5OS2. The van der Waals surface area contributed by atoms with Crippen LogP contribution in [0.2, 0.25) is 0 Å². The number of fused-ring (bicyclic) bond motifs is 1. The second-order valence-electron chi connectivity index (χ2n) is 3.72. The summed E-state index contributed by atoms with van der Waals surface area (Å²) in [5.41, 5.74) is 7.30. The van der Waals surface area contributed by atoms with Crippen molar-refractivity contribution in [1.29, 1.82) is 0 Å². The molecule has 0 aliphatic carbocycles. The van der Waals surface area contributed by atoms with Gasteiger partial charge in [0.25, 0.3) is 5.56 Å². The highest BCUT2D eigenvalue weighted by atomic mass is 32.2. The van der Waals surface area contributed by atoms with Crippen molar-refractivity contribution >= 4 is 39.3 Å². The Morgan fingerprint density at radius 3 is 2.95 bits per heavy atom. The monoisotopic (exact) mass is 291 g/mol. The van der Waals surface area contributed by atoms with Gasteiger partial charge in [-0.15, -0.1) is 10.2 Å². The molecule has 6 nitrogen and oxygen atoms in total. The van der Waals surface area contributed by atoms with E-state index in [4.69, 9.17) is 5.73 Å². The molecule has 0 unspecified atom stereocenters. The number of aromatic nitrogens is 4. The average Bonchev–Trinajstić information content (AvgIpc) is 2.82. The normalized spacial score (nSPS) is 10.9. The summed E-state index contributed by atoms with van der Waals surface area (Å²) in [4.78, 5) is 19.0. The summed E-state index contributed by atoms with van der Waals surface area (Å²) < 4.78 is 0.729. The molecule has 0 radical (unpaired) electrons. The zero-order valence-corrected chi connectivity index (χ0v) is 11.3. The third kappa shape index (κ3) is 2.59. The lowest BCUT2D eigenvalue weighted by atomic mass is 10.3. The van der Waals surface area contributed by atoms with Crippen LogP contribution in [0.4, 0.5) is 5.13 Å². The predicted molar refractivity (Wildman–Crippen MR) is 76.2 cm³/mol. The Hall–Kier alpha value is -1.93. The second kappa shape index (κ2) is 4.98. The molecular weight excluding hydrogens is 282 g/mol. The number of nitrogen functional groups attached to an aromatic ring is 1. The van der Waals surface area contributed by atoms with Gasteiger partial charge < -0.3 is 10.7 Å². The van der Waals surface area contributed by atoms with Crippen molar-refractivity contribution in [2.24, 2.45) is 0 Å². The van der Waals surface area contributed by atoms with Crippen molar-refractivity contribution < 1.29 is 0 Å². The standard InChI is InChI=1S/C11H9N5OS2/c12-10-15-16-11(19-10)18-5-8-9(17)14-7-4-2-1-3-6(7)13-8/h1-4H,5H2,(H2,12,15)(H,14,17). The van der Waals surface area contributed by atoms with Gasteiger partial charge in [0, 0.05) is 5.75 Å². The molecule has 0 bridgehead atoms. The summed E-state index contributed by atoms with van der Waals surface area (Å²) in [6.45, 7) is 0. The molecule has 0 saturated carbocycles.